The molecule has 11 heteroatoms. The van der Waals surface area contributed by atoms with Crippen molar-refractivity contribution in [2.24, 2.45) is 0 Å². The normalized spacial score (nSPS) is 15.9. The van der Waals surface area contributed by atoms with Gasteiger partial charge in [-0.1, -0.05) is 23.2 Å². The van der Waals surface area contributed by atoms with Crippen LogP contribution in [0.25, 0.3) is 0 Å². The van der Waals surface area contributed by atoms with Crippen molar-refractivity contribution in [3.63, 3.8) is 0 Å². The lowest BCUT2D eigenvalue weighted by molar-refractivity contribution is 0.227. The molecule has 3 aromatic rings. The maximum atomic E-state index is 12.0. The van der Waals surface area contributed by atoms with Gasteiger partial charge in [0.1, 0.15) is 23.4 Å². The first-order valence-corrected chi connectivity index (χ1v) is 14.0. The van der Waals surface area contributed by atoms with Crippen molar-refractivity contribution in [1.29, 1.82) is 5.41 Å². The van der Waals surface area contributed by atoms with Gasteiger partial charge in [-0.15, -0.1) is 4.31 Å². The molecule has 2 atom stereocenters. The predicted molar refractivity (Wildman–Crippen MR) is 152 cm³/mol. The highest BCUT2D eigenvalue weighted by Crippen LogP contribution is 2.35. The fourth-order valence-corrected chi connectivity index (χ4v) is 5.81. The Hall–Kier alpha value is -2.56. The minimum atomic E-state index is -0.918. The first-order valence-electron chi connectivity index (χ1n) is 12.0. The molecular formula is C26H30Cl2N6O2S. The highest BCUT2D eigenvalue weighted by Gasteiger charge is 2.25. The lowest BCUT2D eigenvalue weighted by Crippen LogP contribution is -2.49. The molecule has 196 valence electrons. The predicted octanol–water partition coefficient (Wildman–Crippen LogP) is 5.04. The van der Waals surface area contributed by atoms with E-state index in [0.717, 1.165) is 32.0 Å². The Balaban J connectivity index is 1.47. The van der Waals surface area contributed by atoms with Crippen LogP contribution in [-0.2, 0) is 11.4 Å². The summed E-state index contributed by atoms with van der Waals surface area (Å²) in [5, 5.41) is 9.68. The molecule has 1 saturated heterocycles. The number of benzene rings is 1. The van der Waals surface area contributed by atoms with Crippen molar-refractivity contribution in [2.45, 2.75) is 26.9 Å². The summed E-state index contributed by atoms with van der Waals surface area (Å²) in [5.41, 5.74) is 9.45. The topological polar surface area (TPSA) is 114 Å². The summed E-state index contributed by atoms with van der Waals surface area (Å²) < 4.78 is 20.2. The summed E-state index contributed by atoms with van der Waals surface area (Å²) in [6.07, 6.45) is 2.80. The van der Waals surface area contributed by atoms with Gasteiger partial charge in [-0.05, 0) is 51.1 Å². The van der Waals surface area contributed by atoms with Gasteiger partial charge in [0.2, 0.25) is 0 Å². The Kier molecular flexibility index (Phi) is 8.82. The zero-order chi connectivity index (χ0) is 26.7. The van der Waals surface area contributed by atoms with Gasteiger partial charge in [0.15, 0.2) is 0 Å². The van der Waals surface area contributed by atoms with Crippen LogP contribution in [0.4, 0.5) is 11.5 Å². The van der Waals surface area contributed by atoms with Gasteiger partial charge in [0.05, 0.1) is 34.5 Å². The molecule has 2 aromatic heterocycles. The molecule has 0 bridgehead atoms. The van der Waals surface area contributed by atoms with E-state index in [2.05, 4.69) is 14.9 Å². The van der Waals surface area contributed by atoms with E-state index in [4.69, 9.17) is 39.1 Å². The van der Waals surface area contributed by atoms with Crippen LogP contribution in [0.1, 0.15) is 42.3 Å². The van der Waals surface area contributed by atoms with Crippen LogP contribution in [0, 0.1) is 12.3 Å². The van der Waals surface area contributed by atoms with Gasteiger partial charge in [0.25, 0.3) is 0 Å². The van der Waals surface area contributed by atoms with Crippen molar-refractivity contribution >= 4 is 51.8 Å². The van der Waals surface area contributed by atoms with Gasteiger partial charge in [-0.3, -0.25) is 10.4 Å². The quantitative estimate of drug-likeness (QED) is 0.225. The number of anilines is 2. The molecule has 1 aliphatic heterocycles. The van der Waals surface area contributed by atoms with Crippen molar-refractivity contribution < 1.29 is 9.29 Å². The number of nitrogens with one attached hydrogen (secondary N) is 1. The number of ether oxygens (including phenoxy) is 1. The third-order valence-electron chi connectivity index (χ3n) is 6.33. The first-order chi connectivity index (χ1) is 17.7. The van der Waals surface area contributed by atoms with E-state index in [1.165, 1.54) is 0 Å². The van der Waals surface area contributed by atoms with E-state index < -0.39 is 17.5 Å². The van der Waals surface area contributed by atoms with Gasteiger partial charge >= 0.3 is 0 Å². The third-order valence-corrected chi connectivity index (χ3v) is 8.54. The number of nitrogen functional groups attached to an aromatic ring is 1. The monoisotopic (exact) mass is 560 g/mol. The van der Waals surface area contributed by atoms with Crippen molar-refractivity contribution in [3.8, 4) is 5.75 Å². The van der Waals surface area contributed by atoms with E-state index in [-0.39, 0.29) is 5.71 Å². The minimum Gasteiger partial charge on any atom is -0.598 e. The van der Waals surface area contributed by atoms with E-state index in [0.29, 0.717) is 49.6 Å². The Morgan fingerprint density at radius 2 is 1.89 bits per heavy atom. The number of rotatable bonds is 8. The lowest BCUT2D eigenvalue weighted by Gasteiger charge is -2.34. The van der Waals surface area contributed by atoms with Crippen LogP contribution in [0.5, 0.6) is 5.75 Å². The molecular weight excluding hydrogens is 531 g/mol. The molecule has 1 unspecified atom stereocenters. The van der Waals surface area contributed by atoms with Gasteiger partial charge in [-0.2, -0.15) is 0 Å². The maximum absolute atomic E-state index is 12.0. The smallest absolute Gasteiger partial charge is 0.128 e. The molecule has 0 aliphatic carbocycles. The lowest BCUT2D eigenvalue weighted by atomic mass is 10.0. The van der Waals surface area contributed by atoms with Crippen LogP contribution in [0.3, 0.4) is 0 Å². The summed E-state index contributed by atoms with van der Waals surface area (Å²) in [7, 11) is 0. The number of aromatic nitrogens is 2. The highest BCUT2D eigenvalue weighted by atomic mass is 35.5. The number of aryl methyl sites for hydroxylation is 1. The molecule has 0 radical (unpaired) electrons. The van der Waals surface area contributed by atoms with E-state index in [1.54, 1.807) is 30.6 Å². The molecule has 8 nitrogen and oxygen atoms in total. The standard InChI is InChI=1S/C26H30Cl2N6O2S/c1-4-37(35)34-11-9-33(10-12-34)23-8-5-18(14-32-23)26(30)20-13-19(6-7-22(20)29)36-17(3)24-21(27)15-31-16(2)25(24)28/h5-8,13-15,17,30H,4,9-12,29H2,1-3H3/t17-,37?/m1/s1. The van der Waals surface area contributed by atoms with E-state index in [9.17, 15) is 4.55 Å². The Bertz CT molecular complexity index is 1270. The zero-order valence-electron chi connectivity index (χ0n) is 21.0. The minimum absolute atomic E-state index is 0.244. The molecule has 0 spiro atoms. The Labute approximate surface area is 230 Å². The average molecular weight is 562 g/mol. The molecule has 3 heterocycles. The summed E-state index contributed by atoms with van der Waals surface area (Å²) >= 11 is 11.9. The van der Waals surface area contributed by atoms with Crippen LogP contribution < -0.4 is 15.4 Å². The molecule has 37 heavy (non-hydrogen) atoms. The number of halogens is 2. The maximum Gasteiger partial charge on any atom is 0.128 e. The third kappa shape index (κ3) is 6.13. The Morgan fingerprint density at radius 3 is 2.54 bits per heavy atom. The summed E-state index contributed by atoms with van der Waals surface area (Å²) in [6.45, 7) is 8.58. The van der Waals surface area contributed by atoms with Crippen molar-refractivity contribution in [1.82, 2.24) is 14.3 Å². The number of pyridine rings is 2. The van der Waals surface area contributed by atoms with E-state index in [1.807, 2.05) is 37.2 Å². The van der Waals surface area contributed by atoms with Gasteiger partial charge < -0.3 is 19.9 Å². The number of piperazine rings is 1. The summed E-state index contributed by atoms with van der Waals surface area (Å²) in [4.78, 5) is 10.9. The fourth-order valence-electron chi connectivity index (χ4n) is 4.22. The Morgan fingerprint density at radius 1 is 1.16 bits per heavy atom. The van der Waals surface area contributed by atoms with Crippen LogP contribution in [-0.4, -0.2) is 56.5 Å². The number of nitrogens with two attached hydrogens (primary N) is 1. The van der Waals surface area contributed by atoms with Gasteiger partial charge in [0, 0.05) is 59.2 Å². The van der Waals surface area contributed by atoms with Crippen molar-refractivity contribution in [2.75, 3.05) is 42.6 Å². The molecule has 1 fully saturated rings. The zero-order valence-corrected chi connectivity index (χ0v) is 23.3. The molecule has 1 aliphatic rings. The number of hydrogen-bond donors (Lipinski definition) is 2. The van der Waals surface area contributed by atoms with Gasteiger partial charge in [-0.25, -0.2) is 4.98 Å². The van der Waals surface area contributed by atoms with Crippen LogP contribution >= 0.6 is 23.2 Å². The molecule has 0 amide bonds. The molecule has 4 rings (SSSR count). The highest BCUT2D eigenvalue weighted by molar-refractivity contribution is 7.89. The second-order valence-corrected chi connectivity index (χ2v) is 11.3. The average Bonchev–Trinajstić information content (AvgIpc) is 2.91. The SMILES string of the molecule is CC[S+]([O-])N1CCN(c2ccc(C(=N)c3cc(O[C@H](C)c4c(Cl)cnc(C)c4Cl)ccc3N)cn2)CC1. The first kappa shape index (κ1) is 27.5. The molecule has 1 aromatic carbocycles. The molecule has 0 saturated carbocycles. The molecule has 3 N–H and O–H groups in total. The summed E-state index contributed by atoms with van der Waals surface area (Å²) in [6, 6.07) is 8.99. The van der Waals surface area contributed by atoms with Crippen LogP contribution in [0.2, 0.25) is 10.0 Å². The second-order valence-electron chi connectivity index (χ2n) is 8.73. The second kappa shape index (κ2) is 11.9. The summed E-state index contributed by atoms with van der Waals surface area (Å²) in [5.74, 6) is 2.00. The van der Waals surface area contributed by atoms with Crippen molar-refractivity contribution in [3.05, 3.63) is 75.2 Å². The van der Waals surface area contributed by atoms with E-state index >= 15 is 0 Å². The fraction of sp³-hybridized carbons (Fsp3) is 0.346. The number of hydrogen-bond acceptors (Lipinski definition) is 8. The van der Waals surface area contributed by atoms with Crippen LogP contribution in [0.15, 0.2) is 42.7 Å². The number of nitrogens with zero attached hydrogens (tertiary/aromatic N) is 4. The largest absolute Gasteiger partial charge is 0.598 e.